The zero-order valence-electron chi connectivity index (χ0n) is 9.84. The van der Waals surface area contributed by atoms with Crippen LogP contribution in [0.25, 0.3) is 10.9 Å². The van der Waals surface area contributed by atoms with E-state index in [0.29, 0.717) is 0 Å². The highest BCUT2D eigenvalue weighted by molar-refractivity contribution is 5.98. The van der Waals surface area contributed by atoms with Crippen molar-refractivity contribution in [3.63, 3.8) is 0 Å². The van der Waals surface area contributed by atoms with Gasteiger partial charge in [0.25, 0.3) is 0 Å². The van der Waals surface area contributed by atoms with Crippen LogP contribution < -0.4 is 0 Å². The molecule has 0 aliphatic carbocycles. The number of Topliss-reactive ketones (excluding diaryl/α,β-unsaturated/α-hetero) is 1. The van der Waals surface area contributed by atoms with Gasteiger partial charge < -0.3 is 4.98 Å². The third-order valence-electron chi connectivity index (χ3n) is 2.88. The molecule has 0 unspecified atom stereocenters. The van der Waals surface area contributed by atoms with E-state index < -0.39 is 0 Å². The molecule has 1 aromatic carbocycles. The predicted octanol–water partition coefficient (Wildman–Crippen LogP) is 3.71. The maximum absolute atomic E-state index is 11.3. The SMILES string of the molecule is CCCCc1cc2cc(C(C)=O)ccc2[nH]1. The lowest BCUT2D eigenvalue weighted by atomic mass is 10.1. The number of aryl methyl sites for hydroxylation is 1. The number of H-pyrrole nitrogens is 1. The van der Waals surface area contributed by atoms with Crippen molar-refractivity contribution < 1.29 is 4.79 Å². The minimum absolute atomic E-state index is 0.123. The lowest BCUT2D eigenvalue weighted by Crippen LogP contribution is -1.89. The molecule has 0 radical (unpaired) electrons. The number of nitrogens with one attached hydrogen (secondary N) is 1. The normalized spacial score (nSPS) is 10.9. The summed E-state index contributed by atoms with van der Waals surface area (Å²) >= 11 is 0. The molecule has 0 atom stereocenters. The quantitative estimate of drug-likeness (QED) is 0.775. The highest BCUT2D eigenvalue weighted by Gasteiger charge is 2.04. The number of carbonyl (C=O) groups excluding carboxylic acids is 1. The summed E-state index contributed by atoms with van der Waals surface area (Å²) in [6.45, 7) is 3.79. The van der Waals surface area contributed by atoms with E-state index in [0.717, 1.165) is 22.9 Å². The number of aromatic nitrogens is 1. The first-order valence-corrected chi connectivity index (χ1v) is 5.83. The molecule has 0 amide bonds. The molecular weight excluding hydrogens is 198 g/mol. The fourth-order valence-electron chi connectivity index (χ4n) is 1.91. The van der Waals surface area contributed by atoms with Crippen LogP contribution in [-0.2, 0) is 6.42 Å². The standard InChI is InChI=1S/C14H17NO/c1-3-4-5-13-9-12-8-11(10(2)16)6-7-14(12)15-13/h6-9,15H,3-5H2,1-2H3. The van der Waals surface area contributed by atoms with E-state index in [1.807, 2.05) is 18.2 Å². The monoisotopic (exact) mass is 215 g/mol. The Morgan fingerprint density at radius 1 is 1.31 bits per heavy atom. The van der Waals surface area contributed by atoms with Gasteiger partial charge in [-0.2, -0.15) is 0 Å². The van der Waals surface area contributed by atoms with Gasteiger partial charge in [-0.1, -0.05) is 13.3 Å². The summed E-state index contributed by atoms with van der Waals surface area (Å²) in [5.74, 6) is 0.123. The second kappa shape index (κ2) is 4.52. The summed E-state index contributed by atoms with van der Waals surface area (Å²) in [5.41, 5.74) is 3.17. The Balaban J connectivity index is 2.34. The molecule has 0 saturated heterocycles. The number of rotatable bonds is 4. The first kappa shape index (κ1) is 10.9. The summed E-state index contributed by atoms with van der Waals surface area (Å²) in [5, 5.41) is 1.14. The molecule has 0 spiro atoms. The second-order valence-electron chi connectivity index (χ2n) is 4.26. The van der Waals surface area contributed by atoms with Crippen molar-refractivity contribution in [2.24, 2.45) is 0 Å². The maximum atomic E-state index is 11.3. The number of hydrogen-bond donors (Lipinski definition) is 1. The largest absolute Gasteiger partial charge is 0.358 e. The van der Waals surface area contributed by atoms with E-state index in [4.69, 9.17) is 0 Å². The molecule has 0 bridgehead atoms. The Kier molecular flexibility index (Phi) is 3.09. The fourth-order valence-corrected chi connectivity index (χ4v) is 1.91. The highest BCUT2D eigenvalue weighted by Crippen LogP contribution is 2.18. The fraction of sp³-hybridized carbons (Fsp3) is 0.357. The molecule has 2 nitrogen and oxygen atoms in total. The van der Waals surface area contributed by atoms with Crippen LogP contribution in [-0.4, -0.2) is 10.8 Å². The van der Waals surface area contributed by atoms with Gasteiger partial charge in [-0.25, -0.2) is 0 Å². The Labute approximate surface area is 95.7 Å². The van der Waals surface area contributed by atoms with Gasteiger partial charge in [-0.05, 0) is 44.0 Å². The number of carbonyl (C=O) groups is 1. The minimum Gasteiger partial charge on any atom is -0.358 e. The third-order valence-corrected chi connectivity index (χ3v) is 2.88. The van der Waals surface area contributed by atoms with E-state index in [1.165, 1.54) is 18.5 Å². The van der Waals surface area contributed by atoms with Crippen LogP contribution in [0.4, 0.5) is 0 Å². The summed E-state index contributed by atoms with van der Waals surface area (Å²) < 4.78 is 0. The Hall–Kier alpha value is -1.57. The average Bonchev–Trinajstić information content (AvgIpc) is 2.67. The van der Waals surface area contributed by atoms with Crippen LogP contribution in [0.15, 0.2) is 24.3 Å². The lowest BCUT2D eigenvalue weighted by molar-refractivity contribution is 0.101. The van der Waals surface area contributed by atoms with Crippen LogP contribution in [0, 0.1) is 0 Å². The molecule has 84 valence electrons. The number of fused-ring (bicyclic) bond motifs is 1. The number of unbranched alkanes of at least 4 members (excludes halogenated alkanes) is 1. The smallest absolute Gasteiger partial charge is 0.159 e. The number of aromatic amines is 1. The van der Waals surface area contributed by atoms with Crippen molar-refractivity contribution in [1.29, 1.82) is 0 Å². The van der Waals surface area contributed by atoms with Gasteiger partial charge >= 0.3 is 0 Å². The number of hydrogen-bond acceptors (Lipinski definition) is 1. The Morgan fingerprint density at radius 2 is 2.12 bits per heavy atom. The molecule has 2 aromatic rings. The molecule has 16 heavy (non-hydrogen) atoms. The van der Waals surface area contributed by atoms with Gasteiger partial charge in [0.2, 0.25) is 0 Å². The molecule has 1 N–H and O–H groups in total. The van der Waals surface area contributed by atoms with Crippen molar-refractivity contribution in [2.45, 2.75) is 33.1 Å². The molecule has 1 heterocycles. The predicted molar refractivity (Wildman–Crippen MR) is 66.9 cm³/mol. The van der Waals surface area contributed by atoms with E-state index in [2.05, 4.69) is 18.0 Å². The van der Waals surface area contributed by atoms with Crippen molar-refractivity contribution in [2.75, 3.05) is 0 Å². The Morgan fingerprint density at radius 3 is 2.81 bits per heavy atom. The molecule has 1 aromatic heterocycles. The minimum atomic E-state index is 0.123. The van der Waals surface area contributed by atoms with E-state index in [-0.39, 0.29) is 5.78 Å². The van der Waals surface area contributed by atoms with Crippen LogP contribution >= 0.6 is 0 Å². The molecule has 2 rings (SSSR count). The Bertz CT molecular complexity index is 510. The van der Waals surface area contributed by atoms with Gasteiger partial charge in [-0.3, -0.25) is 4.79 Å². The molecule has 0 saturated carbocycles. The summed E-state index contributed by atoms with van der Waals surface area (Å²) in [4.78, 5) is 14.6. The number of benzene rings is 1. The van der Waals surface area contributed by atoms with E-state index in [9.17, 15) is 4.79 Å². The zero-order valence-corrected chi connectivity index (χ0v) is 9.84. The van der Waals surface area contributed by atoms with Crippen molar-refractivity contribution in [3.05, 3.63) is 35.5 Å². The van der Waals surface area contributed by atoms with Crippen molar-refractivity contribution >= 4 is 16.7 Å². The zero-order chi connectivity index (χ0) is 11.5. The molecule has 2 heteroatoms. The summed E-state index contributed by atoms with van der Waals surface area (Å²) in [7, 11) is 0. The van der Waals surface area contributed by atoms with Gasteiger partial charge in [0.05, 0.1) is 0 Å². The van der Waals surface area contributed by atoms with Crippen LogP contribution in [0.2, 0.25) is 0 Å². The lowest BCUT2D eigenvalue weighted by Gasteiger charge is -1.94. The van der Waals surface area contributed by atoms with Gasteiger partial charge in [-0.15, -0.1) is 0 Å². The maximum Gasteiger partial charge on any atom is 0.159 e. The first-order valence-electron chi connectivity index (χ1n) is 5.83. The molecule has 0 aliphatic rings. The highest BCUT2D eigenvalue weighted by atomic mass is 16.1. The van der Waals surface area contributed by atoms with Crippen LogP contribution in [0.1, 0.15) is 42.7 Å². The van der Waals surface area contributed by atoms with Gasteiger partial charge in [0, 0.05) is 22.2 Å². The molecule has 0 fully saturated rings. The van der Waals surface area contributed by atoms with Crippen LogP contribution in [0.3, 0.4) is 0 Å². The molecular formula is C14H17NO. The number of ketones is 1. The third kappa shape index (κ3) is 2.16. The second-order valence-corrected chi connectivity index (χ2v) is 4.26. The van der Waals surface area contributed by atoms with Crippen molar-refractivity contribution in [3.8, 4) is 0 Å². The first-order chi connectivity index (χ1) is 7.70. The van der Waals surface area contributed by atoms with Gasteiger partial charge in [0.15, 0.2) is 5.78 Å². The van der Waals surface area contributed by atoms with E-state index >= 15 is 0 Å². The van der Waals surface area contributed by atoms with Crippen LogP contribution in [0.5, 0.6) is 0 Å². The van der Waals surface area contributed by atoms with Crippen molar-refractivity contribution in [1.82, 2.24) is 4.98 Å². The average molecular weight is 215 g/mol. The summed E-state index contributed by atoms with van der Waals surface area (Å²) in [6, 6.07) is 7.98. The van der Waals surface area contributed by atoms with E-state index in [1.54, 1.807) is 6.92 Å². The molecule has 0 aliphatic heterocycles. The topological polar surface area (TPSA) is 32.9 Å². The summed E-state index contributed by atoms with van der Waals surface area (Å²) in [6.07, 6.45) is 3.49. The van der Waals surface area contributed by atoms with Gasteiger partial charge in [0.1, 0.15) is 0 Å².